The number of rotatable bonds is 5. The van der Waals surface area contributed by atoms with Crippen molar-refractivity contribution in [2.75, 3.05) is 13.2 Å². The standard InChI is InChI=1S/C10H11NO6S/c1-7-4-8(11(12)13)2-3-10(7)18(14,15)17-6-9-5-16-9/h2-4,9H,5-6H2,1H3/t9-/m1/s1. The lowest BCUT2D eigenvalue weighted by Gasteiger charge is -2.06. The fraction of sp³-hybridized carbons (Fsp3) is 0.400. The van der Waals surface area contributed by atoms with Crippen molar-refractivity contribution in [3.05, 3.63) is 33.9 Å². The molecule has 1 atom stereocenters. The van der Waals surface area contributed by atoms with Crippen LogP contribution in [0, 0.1) is 17.0 Å². The van der Waals surface area contributed by atoms with Crippen molar-refractivity contribution in [2.45, 2.75) is 17.9 Å². The predicted octanol–water partition coefficient (Wildman–Crippen LogP) is 1.01. The molecule has 0 radical (unpaired) electrons. The molecular weight excluding hydrogens is 262 g/mol. The van der Waals surface area contributed by atoms with E-state index >= 15 is 0 Å². The summed E-state index contributed by atoms with van der Waals surface area (Å²) in [4.78, 5) is 9.90. The summed E-state index contributed by atoms with van der Waals surface area (Å²) in [6.07, 6.45) is -0.168. The number of nitro groups is 1. The maximum absolute atomic E-state index is 11.8. The summed E-state index contributed by atoms with van der Waals surface area (Å²) >= 11 is 0. The van der Waals surface area contributed by atoms with Gasteiger partial charge in [-0.25, -0.2) is 0 Å². The van der Waals surface area contributed by atoms with E-state index in [-0.39, 0.29) is 28.9 Å². The van der Waals surface area contributed by atoms with Crippen molar-refractivity contribution in [1.29, 1.82) is 0 Å². The van der Waals surface area contributed by atoms with E-state index in [4.69, 9.17) is 8.92 Å². The van der Waals surface area contributed by atoms with Crippen LogP contribution in [0.2, 0.25) is 0 Å². The second kappa shape index (κ2) is 4.63. The third kappa shape index (κ3) is 2.84. The summed E-state index contributed by atoms with van der Waals surface area (Å²) in [5.41, 5.74) is 0.123. The van der Waals surface area contributed by atoms with Crippen molar-refractivity contribution >= 4 is 15.8 Å². The molecule has 18 heavy (non-hydrogen) atoms. The van der Waals surface area contributed by atoms with E-state index in [2.05, 4.69) is 0 Å². The van der Waals surface area contributed by atoms with Gasteiger partial charge < -0.3 is 4.74 Å². The normalized spacial score (nSPS) is 18.6. The van der Waals surface area contributed by atoms with E-state index in [1.807, 2.05) is 0 Å². The number of aryl methyl sites for hydroxylation is 1. The Labute approximate surface area is 104 Å². The summed E-state index contributed by atoms with van der Waals surface area (Å²) < 4.78 is 33.3. The molecule has 1 saturated heterocycles. The first-order valence-electron chi connectivity index (χ1n) is 5.16. The SMILES string of the molecule is Cc1cc([N+](=O)[O-])ccc1S(=O)(=O)OC[C@H]1CO1. The Morgan fingerprint density at radius 2 is 2.22 bits per heavy atom. The van der Waals surface area contributed by atoms with E-state index in [9.17, 15) is 18.5 Å². The Hall–Kier alpha value is -1.51. The maximum atomic E-state index is 11.8. The van der Waals surface area contributed by atoms with Crippen LogP contribution >= 0.6 is 0 Å². The lowest BCUT2D eigenvalue weighted by molar-refractivity contribution is -0.385. The molecule has 0 N–H and O–H groups in total. The van der Waals surface area contributed by atoms with Crippen LogP contribution < -0.4 is 0 Å². The van der Waals surface area contributed by atoms with E-state index in [1.165, 1.54) is 19.1 Å². The number of epoxide rings is 1. The number of nitrogens with zero attached hydrogens (tertiary/aromatic N) is 1. The van der Waals surface area contributed by atoms with Crippen LogP contribution in [0.4, 0.5) is 5.69 Å². The minimum Gasteiger partial charge on any atom is -0.371 e. The van der Waals surface area contributed by atoms with Crippen LogP contribution in [-0.2, 0) is 19.0 Å². The van der Waals surface area contributed by atoms with E-state index in [1.54, 1.807) is 0 Å². The molecule has 0 aliphatic carbocycles. The van der Waals surface area contributed by atoms with Crippen molar-refractivity contribution < 1.29 is 22.3 Å². The van der Waals surface area contributed by atoms with Crippen LogP contribution in [0.1, 0.15) is 5.56 Å². The highest BCUT2D eigenvalue weighted by Crippen LogP contribution is 2.23. The molecule has 98 valence electrons. The lowest BCUT2D eigenvalue weighted by atomic mass is 10.2. The van der Waals surface area contributed by atoms with Gasteiger partial charge in [-0.2, -0.15) is 8.42 Å². The van der Waals surface area contributed by atoms with Gasteiger partial charge in [0.2, 0.25) is 0 Å². The van der Waals surface area contributed by atoms with E-state index in [0.29, 0.717) is 6.61 Å². The van der Waals surface area contributed by atoms with Crippen LogP contribution in [-0.4, -0.2) is 32.7 Å². The average Bonchev–Trinajstić information content (AvgIpc) is 3.09. The molecular formula is C10H11NO6S. The molecule has 7 nitrogen and oxygen atoms in total. The van der Waals surface area contributed by atoms with Gasteiger partial charge in [-0.05, 0) is 18.6 Å². The highest BCUT2D eigenvalue weighted by atomic mass is 32.2. The molecule has 0 amide bonds. The number of non-ortho nitro benzene ring substituents is 1. The number of hydrogen-bond donors (Lipinski definition) is 0. The summed E-state index contributed by atoms with van der Waals surface area (Å²) in [6, 6.07) is 3.51. The Morgan fingerprint density at radius 1 is 1.56 bits per heavy atom. The average molecular weight is 273 g/mol. The largest absolute Gasteiger partial charge is 0.371 e. The zero-order valence-corrected chi connectivity index (χ0v) is 10.3. The van der Waals surface area contributed by atoms with Crippen LogP contribution in [0.5, 0.6) is 0 Å². The number of hydrogen-bond acceptors (Lipinski definition) is 6. The van der Waals surface area contributed by atoms with Gasteiger partial charge >= 0.3 is 0 Å². The van der Waals surface area contributed by atoms with E-state index in [0.717, 1.165) is 6.07 Å². The Morgan fingerprint density at radius 3 is 2.72 bits per heavy atom. The van der Waals surface area contributed by atoms with Gasteiger partial charge in [0.15, 0.2) is 0 Å². The Bertz CT molecular complexity index is 578. The smallest absolute Gasteiger partial charge is 0.297 e. The fourth-order valence-corrected chi connectivity index (χ4v) is 2.57. The Balaban J connectivity index is 2.23. The summed E-state index contributed by atoms with van der Waals surface area (Å²) in [6.45, 7) is 1.95. The third-order valence-corrected chi connectivity index (χ3v) is 3.89. The van der Waals surface area contributed by atoms with Gasteiger partial charge in [0.1, 0.15) is 6.10 Å². The highest BCUT2D eigenvalue weighted by Gasteiger charge is 2.27. The molecule has 0 bridgehead atoms. The molecule has 8 heteroatoms. The van der Waals surface area contributed by atoms with Crippen molar-refractivity contribution in [2.24, 2.45) is 0 Å². The molecule has 0 spiro atoms. The predicted molar refractivity (Wildman–Crippen MR) is 60.7 cm³/mol. The van der Waals surface area contributed by atoms with Crippen LogP contribution in [0.15, 0.2) is 23.1 Å². The zero-order chi connectivity index (χ0) is 13.3. The summed E-state index contributed by atoms with van der Waals surface area (Å²) in [5, 5.41) is 10.5. The molecule has 0 unspecified atom stereocenters. The number of ether oxygens (including phenoxy) is 1. The van der Waals surface area contributed by atoms with Gasteiger partial charge in [-0.1, -0.05) is 0 Å². The molecule has 1 aromatic carbocycles. The third-order valence-electron chi connectivity index (χ3n) is 2.45. The van der Waals surface area contributed by atoms with Crippen LogP contribution in [0.3, 0.4) is 0 Å². The van der Waals surface area contributed by atoms with Crippen molar-refractivity contribution in [1.82, 2.24) is 0 Å². The second-order valence-electron chi connectivity index (χ2n) is 3.90. The first-order chi connectivity index (χ1) is 8.40. The second-order valence-corrected chi connectivity index (χ2v) is 5.48. The minimum absolute atomic E-state index is 0.0290. The molecule has 1 aromatic rings. The monoisotopic (exact) mass is 273 g/mol. The Kier molecular flexibility index (Phi) is 3.33. The minimum atomic E-state index is -3.89. The molecule has 0 aromatic heterocycles. The molecule has 1 aliphatic heterocycles. The zero-order valence-electron chi connectivity index (χ0n) is 9.53. The molecule has 1 fully saturated rings. The molecule has 0 saturated carbocycles. The van der Waals surface area contributed by atoms with Gasteiger partial charge in [-0.3, -0.25) is 14.3 Å². The topological polar surface area (TPSA) is 99.0 Å². The van der Waals surface area contributed by atoms with Gasteiger partial charge in [0.25, 0.3) is 15.8 Å². The first kappa shape index (κ1) is 12.9. The molecule has 1 heterocycles. The molecule has 2 rings (SSSR count). The van der Waals surface area contributed by atoms with E-state index < -0.39 is 15.0 Å². The van der Waals surface area contributed by atoms with Gasteiger partial charge in [-0.15, -0.1) is 0 Å². The van der Waals surface area contributed by atoms with Crippen molar-refractivity contribution in [3.63, 3.8) is 0 Å². The quantitative estimate of drug-likeness (QED) is 0.343. The molecule has 1 aliphatic rings. The van der Waals surface area contributed by atoms with Gasteiger partial charge in [0, 0.05) is 12.1 Å². The maximum Gasteiger partial charge on any atom is 0.297 e. The lowest BCUT2D eigenvalue weighted by Crippen LogP contribution is -2.12. The number of nitro benzene ring substituents is 1. The first-order valence-corrected chi connectivity index (χ1v) is 6.57. The van der Waals surface area contributed by atoms with Gasteiger partial charge in [0.05, 0.1) is 23.0 Å². The van der Waals surface area contributed by atoms with Crippen LogP contribution in [0.25, 0.3) is 0 Å². The highest BCUT2D eigenvalue weighted by molar-refractivity contribution is 7.86. The summed E-state index contributed by atoms with van der Waals surface area (Å²) in [7, 11) is -3.89. The fourth-order valence-electron chi connectivity index (χ4n) is 1.42. The van der Waals surface area contributed by atoms with Crippen molar-refractivity contribution in [3.8, 4) is 0 Å². The summed E-state index contributed by atoms with van der Waals surface area (Å²) in [5.74, 6) is 0. The number of benzene rings is 1.